The smallest absolute Gasteiger partial charge is 0.431 e. The van der Waals surface area contributed by atoms with Crippen LogP contribution in [0.2, 0.25) is 0 Å². The van der Waals surface area contributed by atoms with Gasteiger partial charge in [-0.1, -0.05) is 136 Å². The summed E-state index contributed by atoms with van der Waals surface area (Å²) in [6.07, 6.45) is 0. The normalized spacial score (nSPS) is 17.4. The topological polar surface area (TPSA) is 114 Å². The van der Waals surface area contributed by atoms with Crippen LogP contribution in [0.1, 0.15) is 0 Å². The average Bonchev–Trinajstić information content (AvgIpc) is 3.22. The highest BCUT2D eigenvalue weighted by Gasteiger charge is 2.47. The number of hydrogen-bond donors (Lipinski definition) is 0. The zero-order valence-corrected chi connectivity index (χ0v) is 34.9. The molecule has 1 heterocycles. The summed E-state index contributed by atoms with van der Waals surface area (Å²) in [6.45, 7) is -4.13. The Hall–Kier alpha value is -5.65. The van der Waals surface area contributed by atoms with Crippen LogP contribution in [0.25, 0.3) is 0 Å². The van der Waals surface area contributed by atoms with Crippen molar-refractivity contribution in [1.82, 2.24) is 0 Å². The van der Waals surface area contributed by atoms with Crippen LogP contribution in [-0.4, -0.2) is 0 Å². The van der Waals surface area contributed by atoms with Crippen LogP contribution in [-0.2, 0) is 0 Å². The predicted octanol–water partition coefficient (Wildman–Crippen LogP) is 15.6. The molecule has 1 aliphatic rings. The van der Waals surface area contributed by atoms with Crippen LogP contribution in [0.4, 0.5) is 0 Å². The molecule has 7 aromatic carbocycles. The fourth-order valence-corrected chi connectivity index (χ4v) is 18.4. The molecule has 0 bridgehead atoms. The second kappa shape index (κ2) is 17.9. The van der Waals surface area contributed by atoms with Crippen molar-refractivity contribution in [3.63, 3.8) is 0 Å². The number of para-hydroxylation sites is 7. The van der Waals surface area contributed by atoms with Gasteiger partial charge in [0, 0.05) is 0 Å². The van der Waals surface area contributed by atoms with Crippen molar-refractivity contribution in [2.75, 3.05) is 0 Å². The third kappa shape index (κ3) is 10.3. The molecular formula is C42H35ClN4O7P4. The van der Waals surface area contributed by atoms with Crippen LogP contribution < -0.4 is 31.7 Å². The van der Waals surface area contributed by atoms with E-state index in [1.165, 1.54) is 0 Å². The molecule has 0 saturated heterocycles. The van der Waals surface area contributed by atoms with E-state index in [1.807, 2.05) is 127 Å². The Morgan fingerprint density at radius 2 is 0.431 bits per heavy atom. The average molecular weight is 867 g/mol. The first kappa shape index (κ1) is 39.2. The zero-order valence-electron chi connectivity index (χ0n) is 30.5. The van der Waals surface area contributed by atoms with Crippen LogP contribution in [0.3, 0.4) is 0 Å². The molecular weight excluding hydrogens is 832 g/mol. The van der Waals surface area contributed by atoms with Crippen molar-refractivity contribution in [1.29, 1.82) is 0 Å². The highest BCUT2D eigenvalue weighted by molar-refractivity contribution is 7.93. The van der Waals surface area contributed by atoms with Gasteiger partial charge in [0.25, 0.3) is 0 Å². The summed E-state index contributed by atoms with van der Waals surface area (Å²) in [5, 5.41) is 0. The van der Waals surface area contributed by atoms with Gasteiger partial charge in [0.2, 0.25) is 0 Å². The van der Waals surface area contributed by atoms with Crippen LogP contribution >= 0.6 is 41.0 Å². The largest absolute Gasteiger partial charge is 0.460 e. The molecule has 1 unspecified atom stereocenters. The van der Waals surface area contributed by atoms with Gasteiger partial charge in [0.05, 0.1) is 0 Å². The molecule has 292 valence electrons. The van der Waals surface area contributed by atoms with Gasteiger partial charge >= 0.3 is 29.8 Å². The Balaban J connectivity index is 1.52. The molecule has 7 aromatic rings. The Kier molecular flexibility index (Phi) is 12.1. The fraction of sp³-hybridized carbons (Fsp3) is 0. The van der Waals surface area contributed by atoms with Crippen LogP contribution in [0.5, 0.6) is 40.2 Å². The zero-order chi connectivity index (χ0) is 39.6. The Morgan fingerprint density at radius 3 is 0.672 bits per heavy atom. The van der Waals surface area contributed by atoms with E-state index in [2.05, 4.69) is 0 Å². The highest BCUT2D eigenvalue weighted by atomic mass is 35.7. The van der Waals surface area contributed by atoms with Crippen molar-refractivity contribution < 1.29 is 31.7 Å². The third-order valence-electron chi connectivity index (χ3n) is 7.67. The number of benzene rings is 7. The number of halogens is 1. The first-order chi connectivity index (χ1) is 28.4. The van der Waals surface area contributed by atoms with E-state index in [0.717, 1.165) is 0 Å². The summed E-state index contributed by atoms with van der Waals surface area (Å²) in [7, 11) is -12.7. The molecule has 0 fully saturated rings. The number of hydrogen-bond acceptors (Lipinski definition) is 11. The molecule has 8 rings (SSSR count). The lowest BCUT2D eigenvalue weighted by atomic mass is 10.3. The van der Waals surface area contributed by atoms with Gasteiger partial charge in [-0.15, -0.1) is 9.03 Å². The minimum Gasteiger partial charge on any atom is -0.431 e. The second-order valence-electron chi connectivity index (χ2n) is 12.1. The van der Waals surface area contributed by atoms with Gasteiger partial charge in [-0.2, -0.15) is 0 Å². The quantitative estimate of drug-likeness (QED) is 0.1000. The molecule has 0 spiro atoms. The summed E-state index contributed by atoms with van der Waals surface area (Å²) >= 11 is 7.74. The van der Waals surface area contributed by atoms with E-state index < -0.39 is 29.8 Å². The molecule has 0 radical (unpaired) electrons. The molecule has 58 heavy (non-hydrogen) atoms. The molecule has 0 N–H and O–H groups in total. The lowest BCUT2D eigenvalue weighted by molar-refractivity contribution is 0.453. The van der Waals surface area contributed by atoms with E-state index in [1.54, 1.807) is 84.9 Å². The van der Waals surface area contributed by atoms with Crippen molar-refractivity contribution in [2.45, 2.75) is 0 Å². The monoisotopic (exact) mass is 866 g/mol. The summed E-state index contributed by atoms with van der Waals surface area (Å²) in [5.41, 5.74) is 0. The van der Waals surface area contributed by atoms with Crippen molar-refractivity contribution in [2.24, 2.45) is 18.1 Å². The predicted molar refractivity (Wildman–Crippen MR) is 233 cm³/mol. The maximum absolute atomic E-state index is 7.74. The minimum absolute atomic E-state index is 0.357. The van der Waals surface area contributed by atoms with Crippen molar-refractivity contribution in [3.05, 3.63) is 212 Å². The van der Waals surface area contributed by atoms with Gasteiger partial charge in [0.15, 0.2) is 0 Å². The second-order valence-corrected chi connectivity index (χ2v) is 21.5. The maximum atomic E-state index is 7.74. The summed E-state index contributed by atoms with van der Waals surface area (Å²) in [6, 6.07) is 63.0. The molecule has 0 saturated carbocycles. The number of rotatable bonds is 14. The van der Waals surface area contributed by atoms with E-state index in [4.69, 9.17) is 61.0 Å². The standard InChI is InChI=1S/C42H35ClN4O7P4/c43-55(48-36-22-8-1-9-23-36)44-56(49-37-24-10-2-11-25-37,50-38-26-12-3-13-27-38)46-58(53-41-32-18-6-19-33-41,54-42-34-20-7-21-35-42)47-57(45-55,51-39-28-14-4-15-29-39)52-40-30-16-5-17-31-40/h1-35H. The first-order valence-corrected chi connectivity index (χ1v) is 25.0. The SMILES string of the molecule is ClP1(Oc2ccccc2)=NP(Oc2ccccc2)(Oc2ccccc2)=NP(Oc2ccccc2)(Oc2ccccc2)=NP(Oc2ccccc2)(Oc2ccccc2)=N1. The molecule has 0 amide bonds. The minimum atomic E-state index is -4.27. The molecule has 0 aliphatic carbocycles. The maximum Gasteiger partial charge on any atom is 0.460 e. The molecule has 11 nitrogen and oxygen atoms in total. The van der Waals surface area contributed by atoms with Crippen LogP contribution in [0, 0.1) is 0 Å². The third-order valence-corrected chi connectivity index (χ3v) is 19.4. The van der Waals surface area contributed by atoms with Gasteiger partial charge in [-0.3, -0.25) is 0 Å². The molecule has 0 aromatic heterocycles. The van der Waals surface area contributed by atoms with E-state index >= 15 is 0 Å². The summed E-state index contributed by atoms with van der Waals surface area (Å²) < 4.78 is 69.0. The van der Waals surface area contributed by atoms with Gasteiger partial charge in [-0.05, 0) is 96.2 Å². The first-order valence-electron chi connectivity index (χ1n) is 17.9. The lowest BCUT2D eigenvalue weighted by Gasteiger charge is -2.32. The molecule has 1 atom stereocenters. The summed E-state index contributed by atoms with van der Waals surface area (Å²) in [4.78, 5) is 0. The molecule has 1 aliphatic heterocycles. The molecule has 16 heteroatoms. The van der Waals surface area contributed by atoms with E-state index in [9.17, 15) is 0 Å². The Morgan fingerprint density at radius 1 is 0.241 bits per heavy atom. The van der Waals surface area contributed by atoms with Gasteiger partial charge in [-0.25, -0.2) is 0 Å². The van der Waals surface area contributed by atoms with Crippen LogP contribution in [0.15, 0.2) is 230 Å². The van der Waals surface area contributed by atoms with Crippen molar-refractivity contribution in [3.8, 4) is 40.2 Å². The van der Waals surface area contributed by atoms with Crippen molar-refractivity contribution >= 4 is 41.0 Å². The Bertz CT molecular complexity index is 2440. The van der Waals surface area contributed by atoms with E-state index in [0.29, 0.717) is 40.2 Å². The Labute approximate surface area is 341 Å². The number of nitrogens with zero attached hydrogens (tertiary/aromatic N) is 4. The lowest BCUT2D eigenvalue weighted by Crippen LogP contribution is -2.09. The van der Waals surface area contributed by atoms with E-state index in [-0.39, 0.29) is 0 Å². The fourth-order valence-electron chi connectivity index (χ4n) is 5.28. The summed E-state index contributed by atoms with van der Waals surface area (Å²) in [5.74, 6) is 2.54. The highest BCUT2D eigenvalue weighted by Crippen LogP contribution is 2.80. The van der Waals surface area contributed by atoms with Gasteiger partial charge in [0.1, 0.15) is 40.2 Å². The van der Waals surface area contributed by atoms with Gasteiger partial charge < -0.3 is 31.7 Å².